The lowest BCUT2D eigenvalue weighted by molar-refractivity contribution is 0.193. The molecule has 0 atom stereocenters. The summed E-state index contributed by atoms with van der Waals surface area (Å²) in [5, 5.41) is 3.49. The predicted molar refractivity (Wildman–Crippen MR) is 73.4 cm³/mol. The molecule has 1 rings (SSSR count). The van der Waals surface area contributed by atoms with Crippen LogP contribution in [0.5, 0.6) is 0 Å². The third-order valence-electron chi connectivity index (χ3n) is 3.74. The molecular formula is C14H30N2O. The van der Waals surface area contributed by atoms with Gasteiger partial charge in [0.25, 0.3) is 0 Å². The van der Waals surface area contributed by atoms with E-state index in [0.29, 0.717) is 5.41 Å². The van der Waals surface area contributed by atoms with E-state index >= 15 is 0 Å². The fourth-order valence-corrected chi connectivity index (χ4v) is 2.41. The van der Waals surface area contributed by atoms with Crippen LogP contribution in [-0.4, -0.2) is 51.3 Å². The molecule has 0 radical (unpaired) electrons. The third-order valence-corrected chi connectivity index (χ3v) is 3.74. The average molecular weight is 242 g/mol. The number of rotatable bonds is 7. The Bertz CT molecular complexity index is 195. The zero-order valence-electron chi connectivity index (χ0n) is 11.9. The molecule has 0 spiro atoms. The summed E-state index contributed by atoms with van der Waals surface area (Å²) in [5.74, 6) is 0. The summed E-state index contributed by atoms with van der Waals surface area (Å²) in [6.45, 7) is 11.6. The molecule has 3 heteroatoms. The van der Waals surface area contributed by atoms with E-state index in [9.17, 15) is 0 Å². The number of likely N-dealkylation sites (tertiary alicyclic amines) is 1. The van der Waals surface area contributed by atoms with Crippen molar-refractivity contribution >= 4 is 0 Å². The Morgan fingerprint density at radius 1 is 1.18 bits per heavy atom. The van der Waals surface area contributed by atoms with E-state index in [4.69, 9.17) is 4.74 Å². The summed E-state index contributed by atoms with van der Waals surface area (Å²) < 4.78 is 5.03. The van der Waals surface area contributed by atoms with Gasteiger partial charge in [0.15, 0.2) is 0 Å². The number of hydrogen-bond acceptors (Lipinski definition) is 3. The molecule has 0 unspecified atom stereocenters. The number of methoxy groups -OCH3 is 1. The van der Waals surface area contributed by atoms with Crippen LogP contribution in [0.25, 0.3) is 0 Å². The molecule has 0 aliphatic carbocycles. The molecule has 0 aromatic heterocycles. The van der Waals surface area contributed by atoms with Gasteiger partial charge in [-0.15, -0.1) is 0 Å². The van der Waals surface area contributed by atoms with Crippen LogP contribution in [-0.2, 0) is 4.74 Å². The quantitative estimate of drug-likeness (QED) is 0.692. The predicted octanol–water partition coefficient (Wildman–Crippen LogP) is 2.12. The summed E-state index contributed by atoms with van der Waals surface area (Å²) >= 11 is 0. The van der Waals surface area contributed by atoms with Crippen LogP contribution in [0.1, 0.15) is 39.5 Å². The van der Waals surface area contributed by atoms with E-state index in [1.54, 1.807) is 7.11 Å². The van der Waals surface area contributed by atoms with Crippen LogP contribution in [0.3, 0.4) is 0 Å². The molecule has 0 bridgehead atoms. The Morgan fingerprint density at radius 2 is 2.00 bits per heavy atom. The van der Waals surface area contributed by atoms with E-state index in [0.717, 1.165) is 26.1 Å². The number of ether oxygens (including phenoxy) is 1. The summed E-state index contributed by atoms with van der Waals surface area (Å²) in [4.78, 5) is 2.61. The highest BCUT2D eigenvalue weighted by atomic mass is 16.5. The highest BCUT2D eigenvalue weighted by molar-refractivity contribution is 4.76. The van der Waals surface area contributed by atoms with E-state index in [1.165, 1.54) is 38.9 Å². The van der Waals surface area contributed by atoms with Crippen molar-refractivity contribution in [3.63, 3.8) is 0 Å². The molecule has 0 aromatic carbocycles. The minimum atomic E-state index is 0.556. The molecule has 0 saturated carbocycles. The van der Waals surface area contributed by atoms with Crippen molar-refractivity contribution < 1.29 is 4.74 Å². The summed E-state index contributed by atoms with van der Waals surface area (Å²) in [6.07, 6.45) is 5.20. The van der Waals surface area contributed by atoms with Crippen molar-refractivity contribution in [1.82, 2.24) is 10.2 Å². The van der Waals surface area contributed by atoms with Gasteiger partial charge in [0, 0.05) is 26.8 Å². The first-order valence-electron chi connectivity index (χ1n) is 7.06. The van der Waals surface area contributed by atoms with E-state index in [2.05, 4.69) is 24.1 Å². The molecule has 3 nitrogen and oxygen atoms in total. The molecule has 102 valence electrons. The Kier molecular flexibility index (Phi) is 7.09. The molecule has 1 aliphatic heterocycles. The van der Waals surface area contributed by atoms with Crippen molar-refractivity contribution in [3.8, 4) is 0 Å². The molecule has 1 aliphatic rings. The second kappa shape index (κ2) is 8.06. The van der Waals surface area contributed by atoms with Gasteiger partial charge in [-0.2, -0.15) is 0 Å². The van der Waals surface area contributed by atoms with Gasteiger partial charge in [0.2, 0.25) is 0 Å². The molecule has 1 saturated heterocycles. The molecule has 0 amide bonds. The van der Waals surface area contributed by atoms with Crippen molar-refractivity contribution in [2.75, 3.05) is 46.4 Å². The van der Waals surface area contributed by atoms with E-state index < -0.39 is 0 Å². The van der Waals surface area contributed by atoms with Crippen LogP contribution < -0.4 is 5.32 Å². The Balaban J connectivity index is 2.03. The van der Waals surface area contributed by atoms with Gasteiger partial charge in [-0.25, -0.2) is 0 Å². The van der Waals surface area contributed by atoms with Crippen LogP contribution >= 0.6 is 0 Å². The van der Waals surface area contributed by atoms with Gasteiger partial charge in [-0.1, -0.05) is 13.8 Å². The minimum absolute atomic E-state index is 0.556. The lowest BCUT2D eigenvalue weighted by Gasteiger charge is -2.23. The zero-order chi connectivity index (χ0) is 12.6. The van der Waals surface area contributed by atoms with Gasteiger partial charge in [0.05, 0.1) is 0 Å². The van der Waals surface area contributed by atoms with Gasteiger partial charge >= 0.3 is 0 Å². The molecular weight excluding hydrogens is 212 g/mol. The highest BCUT2D eigenvalue weighted by Gasteiger charge is 2.22. The summed E-state index contributed by atoms with van der Waals surface area (Å²) in [7, 11) is 1.76. The Labute approximate surface area is 107 Å². The Morgan fingerprint density at radius 3 is 2.76 bits per heavy atom. The number of nitrogens with one attached hydrogen (secondary N) is 1. The second-order valence-electron chi connectivity index (χ2n) is 5.96. The maximum Gasteiger partial charge on any atom is 0.0474 e. The van der Waals surface area contributed by atoms with Gasteiger partial charge < -0.3 is 15.0 Å². The number of nitrogens with zero attached hydrogens (tertiary/aromatic N) is 1. The molecule has 1 fully saturated rings. The van der Waals surface area contributed by atoms with Crippen LogP contribution in [0, 0.1) is 5.41 Å². The first-order valence-corrected chi connectivity index (χ1v) is 7.06. The number of hydrogen-bond donors (Lipinski definition) is 1. The minimum Gasteiger partial charge on any atom is -0.385 e. The monoisotopic (exact) mass is 242 g/mol. The first kappa shape index (κ1) is 14.9. The first-order chi connectivity index (χ1) is 8.14. The lowest BCUT2D eigenvalue weighted by Crippen LogP contribution is -2.33. The standard InChI is InChI=1S/C14H30N2O/c1-14(2)6-4-10-16(11-7-14)12-9-15-8-5-13-17-3/h15H,4-13H2,1-3H3. The maximum atomic E-state index is 5.03. The van der Waals surface area contributed by atoms with E-state index in [-0.39, 0.29) is 0 Å². The average Bonchev–Trinajstić information content (AvgIpc) is 2.45. The van der Waals surface area contributed by atoms with Gasteiger partial charge in [-0.05, 0) is 50.7 Å². The molecule has 1 N–H and O–H groups in total. The van der Waals surface area contributed by atoms with E-state index in [1.807, 2.05) is 0 Å². The molecule has 0 aromatic rings. The molecule has 17 heavy (non-hydrogen) atoms. The summed E-state index contributed by atoms with van der Waals surface area (Å²) in [6, 6.07) is 0. The van der Waals surface area contributed by atoms with Gasteiger partial charge in [-0.3, -0.25) is 0 Å². The summed E-state index contributed by atoms with van der Waals surface area (Å²) in [5.41, 5.74) is 0.556. The van der Waals surface area contributed by atoms with Crippen LogP contribution in [0.2, 0.25) is 0 Å². The Hall–Kier alpha value is -0.120. The van der Waals surface area contributed by atoms with Crippen LogP contribution in [0.4, 0.5) is 0 Å². The zero-order valence-corrected chi connectivity index (χ0v) is 11.9. The fourth-order valence-electron chi connectivity index (χ4n) is 2.41. The van der Waals surface area contributed by atoms with Crippen molar-refractivity contribution in [3.05, 3.63) is 0 Å². The van der Waals surface area contributed by atoms with Crippen molar-refractivity contribution in [2.45, 2.75) is 39.5 Å². The normalized spacial score (nSPS) is 21.4. The van der Waals surface area contributed by atoms with Crippen LogP contribution in [0.15, 0.2) is 0 Å². The smallest absolute Gasteiger partial charge is 0.0474 e. The largest absolute Gasteiger partial charge is 0.385 e. The van der Waals surface area contributed by atoms with Gasteiger partial charge in [0.1, 0.15) is 0 Å². The van der Waals surface area contributed by atoms with Crippen molar-refractivity contribution in [1.29, 1.82) is 0 Å². The fraction of sp³-hybridized carbons (Fsp3) is 1.00. The van der Waals surface area contributed by atoms with Crippen molar-refractivity contribution in [2.24, 2.45) is 5.41 Å². The maximum absolute atomic E-state index is 5.03. The molecule has 1 heterocycles. The SMILES string of the molecule is COCCCNCCN1CCCC(C)(C)CC1. The topological polar surface area (TPSA) is 24.5 Å². The third kappa shape index (κ3) is 7.02. The lowest BCUT2D eigenvalue weighted by atomic mass is 9.85. The second-order valence-corrected chi connectivity index (χ2v) is 5.96. The highest BCUT2D eigenvalue weighted by Crippen LogP contribution is 2.29.